The molecular formula is C36H48ClN3O13. The van der Waals surface area contributed by atoms with Gasteiger partial charge >= 0.3 is 12.1 Å². The number of methoxy groups -OCH3 is 3. The van der Waals surface area contributed by atoms with Gasteiger partial charge in [-0.1, -0.05) is 36.8 Å². The molecule has 0 aromatic heterocycles. The number of aliphatic hydroxyl groups excluding tert-OH is 1. The number of hydrogen-bond acceptors (Lipinski definition) is 13. The Hall–Kier alpha value is -3.77. The molecule has 6 bridgehead atoms. The van der Waals surface area contributed by atoms with E-state index in [1.54, 1.807) is 51.1 Å². The molecule has 0 saturated carbocycles. The van der Waals surface area contributed by atoms with Gasteiger partial charge in [-0.15, -0.1) is 0 Å². The Morgan fingerprint density at radius 1 is 1.04 bits per heavy atom. The lowest BCUT2D eigenvalue weighted by Gasteiger charge is -2.42. The number of benzene rings is 1. The molecule has 0 radical (unpaired) electrons. The van der Waals surface area contributed by atoms with E-state index in [-0.39, 0.29) is 22.9 Å². The van der Waals surface area contributed by atoms with Gasteiger partial charge in [0.15, 0.2) is 11.3 Å². The van der Waals surface area contributed by atoms with Crippen LogP contribution in [0.5, 0.6) is 5.75 Å². The van der Waals surface area contributed by atoms with Crippen molar-refractivity contribution in [2.45, 2.75) is 107 Å². The summed E-state index contributed by atoms with van der Waals surface area (Å²) < 4.78 is 34.8. The second kappa shape index (κ2) is 15.2. The van der Waals surface area contributed by atoms with Crippen LogP contribution >= 0.6 is 11.6 Å². The van der Waals surface area contributed by atoms with Crippen molar-refractivity contribution < 1.29 is 62.9 Å². The van der Waals surface area contributed by atoms with E-state index < -0.39 is 102 Å². The lowest BCUT2D eigenvalue weighted by molar-refractivity contribution is -0.162. The number of alkyl carbamates (subject to hydrolysis) is 1. The average molecular weight is 766 g/mol. The van der Waals surface area contributed by atoms with Gasteiger partial charge in [0.05, 0.1) is 31.9 Å². The van der Waals surface area contributed by atoms with E-state index in [9.17, 15) is 34.5 Å². The fourth-order valence-electron chi connectivity index (χ4n) is 7.17. The maximum absolute atomic E-state index is 14.6. The van der Waals surface area contributed by atoms with Crippen molar-refractivity contribution in [2.75, 3.05) is 32.8 Å². The maximum Gasteiger partial charge on any atom is 0.409 e. The fraction of sp³-hybridized carbons (Fsp3) is 0.611. The van der Waals surface area contributed by atoms with Gasteiger partial charge in [0.25, 0.3) is 5.91 Å². The lowest BCUT2D eigenvalue weighted by Crippen LogP contribution is -2.63. The summed E-state index contributed by atoms with van der Waals surface area (Å²) >= 11 is 6.86. The number of fused-ring (bicyclic) bond motifs is 10. The van der Waals surface area contributed by atoms with Crippen molar-refractivity contribution in [3.05, 3.63) is 46.5 Å². The summed E-state index contributed by atoms with van der Waals surface area (Å²) in [5.41, 5.74) is -4.56. The number of rotatable bonds is 3. The molecule has 4 aliphatic rings. The predicted molar refractivity (Wildman–Crippen MR) is 188 cm³/mol. The Bertz CT molecular complexity index is 1690. The summed E-state index contributed by atoms with van der Waals surface area (Å²) in [6.45, 7) is 6.91. The van der Waals surface area contributed by atoms with Crippen LogP contribution in [0.15, 0.2) is 35.9 Å². The number of allylic oxidation sites excluding steroid dienone is 2. The van der Waals surface area contributed by atoms with Crippen LogP contribution in [-0.2, 0) is 38.1 Å². The lowest BCUT2D eigenvalue weighted by atomic mass is 9.83. The molecular weight excluding hydrogens is 718 g/mol. The molecule has 3 saturated heterocycles. The zero-order valence-corrected chi connectivity index (χ0v) is 31.6. The highest BCUT2D eigenvalue weighted by molar-refractivity contribution is 6.35. The molecule has 0 spiro atoms. The highest BCUT2D eigenvalue weighted by Gasteiger charge is 2.64. The predicted octanol–water partition coefficient (Wildman–Crippen LogP) is 1.81. The van der Waals surface area contributed by atoms with E-state index >= 15 is 0 Å². The van der Waals surface area contributed by atoms with Crippen molar-refractivity contribution in [3.8, 4) is 5.75 Å². The number of amides is 3. The second-order valence-corrected chi connectivity index (χ2v) is 14.8. The standard InChI is InChI=1S/C36H48ClN3O13/c1-17-10-9-11-25(49-7)36(47)15-23(51-33(45)39-36)18(2)30-35(5,53-30)26-14-27(42)40(21-12-20(29(17)50-8)13-22(48-6)28(21)37)16-24(41)34(4,46)32(44)38-19(3)31(43)52-26/h9-13,18-19,23-26,29-30,41,46-47H,14-16H2,1-8H3,(H,38,44)(H,39,45)/t18-,19-,23+,24-,25-,26+,29-,30+,34-,35+,36+/m1/s1. The number of nitrogens with one attached hydrogen (secondary N) is 2. The van der Waals surface area contributed by atoms with Crippen LogP contribution < -0.4 is 20.3 Å². The number of carbonyl (C=O) groups excluding carboxylic acids is 4. The molecule has 3 fully saturated rings. The third-order valence-electron chi connectivity index (χ3n) is 10.6. The van der Waals surface area contributed by atoms with Crippen molar-refractivity contribution in [1.29, 1.82) is 0 Å². The number of aliphatic hydroxyl groups is 3. The Morgan fingerprint density at radius 3 is 2.38 bits per heavy atom. The van der Waals surface area contributed by atoms with E-state index in [0.29, 0.717) is 11.1 Å². The number of halogens is 1. The van der Waals surface area contributed by atoms with Crippen molar-refractivity contribution in [2.24, 2.45) is 5.92 Å². The normalized spacial score (nSPS) is 38.3. The van der Waals surface area contributed by atoms with Gasteiger partial charge in [-0.25, -0.2) is 9.59 Å². The number of esters is 1. The second-order valence-electron chi connectivity index (χ2n) is 14.4. The number of anilines is 1. The summed E-state index contributed by atoms with van der Waals surface area (Å²) in [5.74, 6) is -3.23. The number of nitrogens with zero attached hydrogens (tertiary/aromatic N) is 1. The van der Waals surface area contributed by atoms with E-state index in [0.717, 1.165) is 11.8 Å². The van der Waals surface area contributed by atoms with Crippen LogP contribution in [-0.4, -0.2) is 121 Å². The van der Waals surface area contributed by atoms with Gasteiger partial charge in [0, 0.05) is 26.6 Å². The molecule has 5 N–H and O–H groups in total. The first-order chi connectivity index (χ1) is 24.8. The van der Waals surface area contributed by atoms with Crippen LogP contribution in [0.1, 0.15) is 59.1 Å². The highest BCUT2D eigenvalue weighted by Crippen LogP contribution is 2.49. The molecule has 11 atom stereocenters. The molecule has 0 aliphatic carbocycles. The molecule has 4 heterocycles. The zero-order valence-electron chi connectivity index (χ0n) is 30.9. The Kier molecular flexibility index (Phi) is 11.6. The third kappa shape index (κ3) is 7.76. The smallest absolute Gasteiger partial charge is 0.409 e. The summed E-state index contributed by atoms with van der Waals surface area (Å²) in [7, 11) is 4.23. The third-order valence-corrected chi connectivity index (χ3v) is 11.0. The minimum absolute atomic E-state index is 0.0319. The van der Waals surface area contributed by atoms with Gasteiger partial charge in [-0.3, -0.25) is 14.9 Å². The van der Waals surface area contributed by atoms with Crippen LogP contribution in [0.25, 0.3) is 0 Å². The first-order valence-corrected chi connectivity index (χ1v) is 17.6. The van der Waals surface area contributed by atoms with Crippen LogP contribution in [0.4, 0.5) is 10.5 Å². The molecule has 53 heavy (non-hydrogen) atoms. The van der Waals surface area contributed by atoms with E-state index in [4.69, 9.17) is 40.0 Å². The van der Waals surface area contributed by atoms with Crippen LogP contribution in [0.2, 0.25) is 5.02 Å². The number of hydrogen-bond donors (Lipinski definition) is 5. The first kappa shape index (κ1) is 40.4. The fourth-order valence-corrected chi connectivity index (χ4v) is 7.46. The minimum atomic E-state index is -2.48. The highest BCUT2D eigenvalue weighted by atomic mass is 35.5. The van der Waals surface area contributed by atoms with E-state index in [1.807, 2.05) is 0 Å². The number of carbonyl (C=O) groups is 4. The van der Waals surface area contributed by atoms with Gasteiger partial charge in [0.2, 0.25) is 5.91 Å². The van der Waals surface area contributed by atoms with Crippen molar-refractivity contribution in [1.82, 2.24) is 10.6 Å². The molecule has 5 rings (SSSR count). The summed E-state index contributed by atoms with van der Waals surface area (Å²) in [6, 6.07) is 1.86. The van der Waals surface area contributed by atoms with Gasteiger partial charge < -0.3 is 54.0 Å². The average Bonchev–Trinajstić information content (AvgIpc) is 3.79. The van der Waals surface area contributed by atoms with Gasteiger partial charge in [-0.05, 0) is 51.0 Å². The molecule has 292 valence electrons. The molecule has 1 aromatic carbocycles. The Balaban J connectivity index is 1.72. The number of ether oxygens (including phenoxy) is 6. The molecule has 3 amide bonds. The van der Waals surface area contributed by atoms with Gasteiger partial charge in [-0.2, -0.15) is 0 Å². The van der Waals surface area contributed by atoms with Crippen molar-refractivity contribution >= 4 is 41.2 Å². The quantitative estimate of drug-likeness (QED) is 0.220. The molecule has 1 aromatic rings. The topological polar surface area (TPSA) is 215 Å². The zero-order chi connectivity index (χ0) is 39.2. The Labute approximate surface area is 312 Å². The molecule has 4 aliphatic heterocycles. The van der Waals surface area contributed by atoms with Gasteiger partial charge in [0.1, 0.15) is 52.9 Å². The molecule has 0 unspecified atom stereocenters. The van der Waals surface area contributed by atoms with Crippen LogP contribution in [0, 0.1) is 5.92 Å². The van der Waals surface area contributed by atoms with E-state index in [1.165, 1.54) is 28.3 Å². The summed E-state index contributed by atoms with van der Waals surface area (Å²) in [5, 5.41) is 39.2. The maximum atomic E-state index is 14.6. The first-order valence-electron chi connectivity index (χ1n) is 17.2. The monoisotopic (exact) mass is 765 g/mol. The molecule has 17 heteroatoms. The minimum Gasteiger partial charge on any atom is -0.495 e. The Morgan fingerprint density at radius 2 is 1.74 bits per heavy atom. The number of epoxide rings is 1. The largest absolute Gasteiger partial charge is 0.495 e. The van der Waals surface area contributed by atoms with Crippen molar-refractivity contribution in [3.63, 3.8) is 0 Å². The molecule has 16 nitrogen and oxygen atoms in total. The van der Waals surface area contributed by atoms with Crippen LogP contribution in [0.3, 0.4) is 0 Å². The summed E-state index contributed by atoms with van der Waals surface area (Å²) in [4.78, 5) is 55.3. The SMILES string of the molecule is COc1cc2cc(c1Cl)N1C[C@@H](O)[C@@](C)(O)C(=O)N[C@H](C)C(=O)O[C@@H](CC1=O)[C@]1(C)O[C@H]1[C@H](C)[C@@H]1C[C@@](O)(NC(=O)O1)[C@H](OC)C=CC=C(C)[C@H]2OC. The summed E-state index contributed by atoms with van der Waals surface area (Å²) in [6.07, 6.45) is -3.24. The van der Waals surface area contributed by atoms with E-state index in [2.05, 4.69) is 10.6 Å².